The van der Waals surface area contributed by atoms with Gasteiger partial charge in [-0.25, -0.2) is 4.79 Å². The van der Waals surface area contributed by atoms with Gasteiger partial charge in [-0.05, 0) is 18.3 Å². The summed E-state index contributed by atoms with van der Waals surface area (Å²) in [4.78, 5) is 33.3. The van der Waals surface area contributed by atoms with Crippen LogP contribution in [0.25, 0.3) is 0 Å². The van der Waals surface area contributed by atoms with Gasteiger partial charge in [0.15, 0.2) is 0 Å². The molecule has 2 unspecified atom stereocenters. The van der Waals surface area contributed by atoms with Crippen molar-refractivity contribution < 1.29 is 19.5 Å². The van der Waals surface area contributed by atoms with Crippen molar-refractivity contribution in [3.05, 3.63) is 0 Å². The largest absolute Gasteiger partial charge is 0.480 e. The van der Waals surface area contributed by atoms with Crippen LogP contribution >= 0.6 is 0 Å². The standard InChI is InChI=1S/C13H25N3O4/c1-13(2,3)7-8(14)6-11(18)16-9(12(19)20)4-5-10(15)17/h8-9H,4-7,14H2,1-3H3,(H2,15,17)(H,16,18)(H,19,20). The lowest BCUT2D eigenvalue weighted by Gasteiger charge is -2.23. The number of amides is 2. The zero-order chi connectivity index (χ0) is 15.9. The predicted molar refractivity (Wildman–Crippen MR) is 74.7 cm³/mol. The first-order chi connectivity index (χ1) is 9.01. The van der Waals surface area contributed by atoms with E-state index in [2.05, 4.69) is 5.32 Å². The first kappa shape index (κ1) is 18.4. The van der Waals surface area contributed by atoms with Crippen LogP contribution < -0.4 is 16.8 Å². The second kappa shape index (κ2) is 7.84. The zero-order valence-electron chi connectivity index (χ0n) is 12.3. The number of primary amides is 1. The molecule has 0 spiro atoms. The number of rotatable bonds is 8. The summed E-state index contributed by atoms with van der Waals surface area (Å²) in [5.41, 5.74) is 10.8. The Labute approximate surface area is 119 Å². The Bertz CT molecular complexity index is 363. The number of carboxylic acids is 1. The van der Waals surface area contributed by atoms with Crippen LogP contribution in [0.3, 0.4) is 0 Å². The van der Waals surface area contributed by atoms with E-state index in [0.717, 1.165) is 0 Å². The maximum absolute atomic E-state index is 11.7. The number of hydrogen-bond donors (Lipinski definition) is 4. The third-order valence-corrected chi connectivity index (χ3v) is 2.63. The molecular formula is C13H25N3O4. The molecule has 0 aromatic heterocycles. The Balaban J connectivity index is 4.32. The molecule has 2 amide bonds. The number of carbonyl (C=O) groups excluding carboxylic acids is 2. The molecule has 0 bridgehead atoms. The second-order valence-electron chi connectivity index (χ2n) is 6.19. The predicted octanol–water partition coefficient (Wildman–Crippen LogP) is -0.0251. The van der Waals surface area contributed by atoms with Crippen LogP contribution in [0.2, 0.25) is 0 Å². The van der Waals surface area contributed by atoms with Gasteiger partial charge in [0, 0.05) is 18.9 Å². The molecule has 0 saturated carbocycles. The Hall–Kier alpha value is -1.63. The van der Waals surface area contributed by atoms with Crippen molar-refractivity contribution in [3.63, 3.8) is 0 Å². The topological polar surface area (TPSA) is 136 Å². The first-order valence-electron chi connectivity index (χ1n) is 6.57. The van der Waals surface area contributed by atoms with E-state index >= 15 is 0 Å². The summed E-state index contributed by atoms with van der Waals surface area (Å²) in [5, 5.41) is 11.3. The first-order valence-corrected chi connectivity index (χ1v) is 6.57. The average molecular weight is 287 g/mol. The summed E-state index contributed by atoms with van der Waals surface area (Å²) < 4.78 is 0. The van der Waals surface area contributed by atoms with Crippen molar-refractivity contribution in [2.75, 3.05) is 0 Å². The van der Waals surface area contributed by atoms with Crippen LogP contribution in [-0.2, 0) is 14.4 Å². The van der Waals surface area contributed by atoms with Gasteiger partial charge in [0.1, 0.15) is 6.04 Å². The number of nitrogens with one attached hydrogen (secondary N) is 1. The Morgan fingerprint density at radius 1 is 1.25 bits per heavy atom. The van der Waals surface area contributed by atoms with E-state index in [-0.39, 0.29) is 30.7 Å². The molecule has 2 atom stereocenters. The fourth-order valence-electron chi connectivity index (χ4n) is 1.89. The maximum atomic E-state index is 11.7. The van der Waals surface area contributed by atoms with Gasteiger partial charge in [-0.1, -0.05) is 20.8 Å². The van der Waals surface area contributed by atoms with Gasteiger partial charge in [0.25, 0.3) is 0 Å². The molecule has 7 heteroatoms. The van der Waals surface area contributed by atoms with E-state index < -0.39 is 23.8 Å². The van der Waals surface area contributed by atoms with Crippen molar-refractivity contribution in [2.45, 2.75) is 58.5 Å². The molecule has 0 aromatic rings. The van der Waals surface area contributed by atoms with E-state index in [1.807, 2.05) is 20.8 Å². The number of aliphatic carboxylic acids is 1. The Kier molecular flexibility index (Phi) is 7.20. The monoisotopic (exact) mass is 287 g/mol. The number of carbonyl (C=O) groups is 3. The fourth-order valence-corrected chi connectivity index (χ4v) is 1.89. The smallest absolute Gasteiger partial charge is 0.326 e. The minimum atomic E-state index is -1.19. The fraction of sp³-hybridized carbons (Fsp3) is 0.769. The van der Waals surface area contributed by atoms with Crippen LogP contribution in [-0.4, -0.2) is 35.0 Å². The van der Waals surface area contributed by atoms with Crippen molar-refractivity contribution >= 4 is 17.8 Å². The molecule has 0 radical (unpaired) electrons. The lowest BCUT2D eigenvalue weighted by atomic mass is 9.87. The molecule has 7 nitrogen and oxygen atoms in total. The van der Waals surface area contributed by atoms with Crippen molar-refractivity contribution in [2.24, 2.45) is 16.9 Å². The molecule has 0 aliphatic rings. The van der Waals surface area contributed by atoms with Gasteiger partial charge in [-0.15, -0.1) is 0 Å². The molecule has 0 saturated heterocycles. The summed E-state index contributed by atoms with van der Waals surface area (Å²) in [6.07, 6.45) is 0.591. The molecule has 0 aliphatic heterocycles. The summed E-state index contributed by atoms with van der Waals surface area (Å²) in [5.74, 6) is -2.22. The molecule has 0 fully saturated rings. The summed E-state index contributed by atoms with van der Waals surface area (Å²) in [6, 6.07) is -1.45. The summed E-state index contributed by atoms with van der Waals surface area (Å²) in [7, 11) is 0. The minimum Gasteiger partial charge on any atom is -0.480 e. The van der Waals surface area contributed by atoms with E-state index in [9.17, 15) is 14.4 Å². The lowest BCUT2D eigenvalue weighted by molar-refractivity contribution is -0.142. The van der Waals surface area contributed by atoms with E-state index in [1.54, 1.807) is 0 Å². The third kappa shape index (κ3) is 9.32. The molecule has 116 valence electrons. The van der Waals surface area contributed by atoms with Crippen LogP contribution in [0.15, 0.2) is 0 Å². The second-order valence-corrected chi connectivity index (χ2v) is 6.19. The van der Waals surface area contributed by atoms with Crippen molar-refractivity contribution in [1.29, 1.82) is 0 Å². The van der Waals surface area contributed by atoms with E-state index in [4.69, 9.17) is 16.6 Å². The SMILES string of the molecule is CC(C)(C)CC(N)CC(=O)NC(CCC(N)=O)C(=O)O. The van der Waals surface area contributed by atoms with Gasteiger partial charge in [-0.3, -0.25) is 9.59 Å². The molecule has 0 rings (SSSR count). The number of hydrogen-bond acceptors (Lipinski definition) is 4. The normalized spacial score (nSPS) is 14.4. The maximum Gasteiger partial charge on any atom is 0.326 e. The highest BCUT2D eigenvalue weighted by molar-refractivity contribution is 5.84. The summed E-state index contributed by atoms with van der Waals surface area (Å²) >= 11 is 0. The Morgan fingerprint density at radius 2 is 1.80 bits per heavy atom. The van der Waals surface area contributed by atoms with Gasteiger partial charge in [0.05, 0.1) is 0 Å². The number of nitrogens with two attached hydrogens (primary N) is 2. The van der Waals surface area contributed by atoms with Crippen LogP contribution in [0.1, 0.15) is 46.5 Å². The highest BCUT2D eigenvalue weighted by Crippen LogP contribution is 2.20. The molecule has 0 heterocycles. The van der Waals surface area contributed by atoms with Gasteiger partial charge in [-0.2, -0.15) is 0 Å². The molecule has 6 N–H and O–H groups in total. The van der Waals surface area contributed by atoms with Crippen LogP contribution in [0.4, 0.5) is 0 Å². The number of carboxylic acid groups (broad SMARTS) is 1. The zero-order valence-corrected chi connectivity index (χ0v) is 12.3. The molecule has 0 aromatic carbocycles. The van der Waals surface area contributed by atoms with Crippen molar-refractivity contribution in [3.8, 4) is 0 Å². The van der Waals surface area contributed by atoms with E-state index in [0.29, 0.717) is 6.42 Å². The van der Waals surface area contributed by atoms with Crippen LogP contribution in [0, 0.1) is 5.41 Å². The van der Waals surface area contributed by atoms with Crippen LogP contribution in [0.5, 0.6) is 0 Å². The molecular weight excluding hydrogens is 262 g/mol. The highest BCUT2D eigenvalue weighted by atomic mass is 16.4. The average Bonchev–Trinajstić information content (AvgIpc) is 2.20. The van der Waals surface area contributed by atoms with Gasteiger partial charge < -0.3 is 21.9 Å². The summed E-state index contributed by atoms with van der Waals surface area (Å²) in [6.45, 7) is 6.03. The Morgan fingerprint density at radius 3 is 2.20 bits per heavy atom. The van der Waals surface area contributed by atoms with Gasteiger partial charge >= 0.3 is 5.97 Å². The minimum absolute atomic E-state index is 0.00212. The van der Waals surface area contributed by atoms with Gasteiger partial charge in [0.2, 0.25) is 11.8 Å². The molecule has 0 aliphatic carbocycles. The quantitative estimate of drug-likeness (QED) is 0.497. The highest BCUT2D eigenvalue weighted by Gasteiger charge is 2.23. The lowest BCUT2D eigenvalue weighted by Crippen LogP contribution is -2.43. The van der Waals surface area contributed by atoms with E-state index in [1.165, 1.54) is 0 Å². The molecule has 20 heavy (non-hydrogen) atoms. The van der Waals surface area contributed by atoms with Crippen molar-refractivity contribution in [1.82, 2.24) is 5.32 Å². The third-order valence-electron chi connectivity index (χ3n) is 2.63.